The third kappa shape index (κ3) is 2.41. The summed E-state index contributed by atoms with van der Waals surface area (Å²) in [6.45, 7) is 0. The summed E-state index contributed by atoms with van der Waals surface area (Å²) in [5, 5.41) is 11.7. The van der Waals surface area contributed by atoms with Crippen molar-refractivity contribution < 1.29 is 13.5 Å². The molecular weight excluding hydrogens is 328 g/mol. The van der Waals surface area contributed by atoms with Gasteiger partial charge >= 0.3 is 0 Å². The van der Waals surface area contributed by atoms with Crippen LogP contribution in [0, 0.1) is 0 Å². The lowest BCUT2D eigenvalue weighted by molar-refractivity contribution is 0.226. The molecule has 0 spiro atoms. The van der Waals surface area contributed by atoms with Gasteiger partial charge in [0.1, 0.15) is 6.10 Å². The Labute approximate surface area is 138 Å². The zero-order valence-corrected chi connectivity index (χ0v) is 13.8. The number of sulfone groups is 1. The molecule has 2 aromatic carbocycles. The molecule has 1 aliphatic rings. The van der Waals surface area contributed by atoms with Crippen molar-refractivity contribution in [3.05, 3.63) is 76.0 Å². The predicted octanol–water partition coefficient (Wildman–Crippen LogP) is 3.77. The van der Waals surface area contributed by atoms with Crippen molar-refractivity contribution in [3.8, 4) is 0 Å². The normalized spacial score (nSPS) is 18.0. The smallest absolute Gasteiger partial charge is 0.182 e. The van der Waals surface area contributed by atoms with Crippen LogP contribution in [0.3, 0.4) is 0 Å². The van der Waals surface area contributed by atoms with Crippen LogP contribution < -0.4 is 0 Å². The van der Waals surface area contributed by atoms with Gasteiger partial charge in [-0.1, -0.05) is 48.5 Å². The van der Waals surface area contributed by atoms with Gasteiger partial charge in [0, 0.05) is 9.58 Å². The molecule has 0 amide bonds. The summed E-state index contributed by atoms with van der Waals surface area (Å²) >= 11 is 1.43. The summed E-state index contributed by atoms with van der Waals surface area (Å²) in [4.78, 5) is 0.813. The summed E-state index contributed by atoms with van der Waals surface area (Å²) in [6, 6.07) is 19.1. The fourth-order valence-electron chi connectivity index (χ4n) is 2.91. The quantitative estimate of drug-likeness (QED) is 0.788. The molecule has 0 bridgehead atoms. The Balaban J connectivity index is 1.83. The van der Waals surface area contributed by atoms with Crippen LogP contribution in [-0.4, -0.2) is 19.3 Å². The molecule has 1 aromatic heterocycles. The second-order valence-corrected chi connectivity index (χ2v) is 8.63. The maximum atomic E-state index is 12.2. The van der Waals surface area contributed by atoms with E-state index in [0.29, 0.717) is 4.88 Å². The van der Waals surface area contributed by atoms with Crippen LogP contribution in [0.2, 0.25) is 0 Å². The van der Waals surface area contributed by atoms with E-state index in [1.807, 2.05) is 60.7 Å². The van der Waals surface area contributed by atoms with E-state index >= 15 is 0 Å². The van der Waals surface area contributed by atoms with E-state index in [2.05, 4.69) is 0 Å². The predicted molar refractivity (Wildman–Crippen MR) is 93.9 cm³/mol. The Hall–Kier alpha value is -1.95. The van der Waals surface area contributed by atoms with Crippen molar-refractivity contribution >= 4 is 36.8 Å². The van der Waals surface area contributed by atoms with Crippen LogP contribution in [-0.2, 0) is 9.84 Å². The molecule has 2 heterocycles. The highest BCUT2D eigenvalue weighted by Crippen LogP contribution is 2.44. The molecule has 1 atom stereocenters. The topological polar surface area (TPSA) is 54.4 Å². The highest BCUT2D eigenvalue weighted by molar-refractivity contribution is 7.97. The summed E-state index contributed by atoms with van der Waals surface area (Å²) in [5.41, 5.74) is 1.58. The largest absolute Gasteiger partial charge is 0.382 e. The number of hydrogen-bond acceptors (Lipinski definition) is 4. The van der Waals surface area contributed by atoms with Gasteiger partial charge in [0.15, 0.2) is 9.84 Å². The number of benzene rings is 2. The van der Waals surface area contributed by atoms with Crippen molar-refractivity contribution in [3.63, 3.8) is 0 Å². The van der Waals surface area contributed by atoms with Crippen molar-refractivity contribution in [2.45, 2.75) is 6.10 Å². The minimum absolute atomic E-state index is 0.00565. The third-order valence-electron chi connectivity index (χ3n) is 4.05. The highest BCUT2D eigenvalue weighted by atomic mass is 32.2. The molecule has 116 valence electrons. The minimum atomic E-state index is -3.37. The molecule has 5 heteroatoms. The minimum Gasteiger partial charge on any atom is -0.382 e. The first-order chi connectivity index (χ1) is 11.1. The van der Waals surface area contributed by atoms with E-state index in [1.54, 1.807) is 0 Å². The summed E-state index contributed by atoms with van der Waals surface area (Å²) in [6.07, 6.45) is -1.10. The van der Waals surface area contributed by atoms with E-state index in [-0.39, 0.29) is 10.7 Å². The lowest BCUT2D eigenvalue weighted by Crippen LogP contribution is -2.27. The first kappa shape index (κ1) is 14.6. The number of aliphatic hydroxyl groups is 1. The van der Waals surface area contributed by atoms with Gasteiger partial charge in [0.2, 0.25) is 0 Å². The Bertz CT molecular complexity index is 982. The van der Waals surface area contributed by atoms with Crippen LogP contribution in [0.25, 0.3) is 15.7 Å². The van der Waals surface area contributed by atoms with Crippen LogP contribution in [0.15, 0.2) is 65.6 Å². The molecule has 0 fully saturated rings. The Kier molecular flexibility index (Phi) is 3.37. The van der Waals surface area contributed by atoms with Crippen molar-refractivity contribution in [1.82, 2.24) is 0 Å². The molecule has 4 rings (SSSR count). The number of rotatable bonds is 3. The van der Waals surface area contributed by atoms with Gasteiger partial charge in [-0.15, -0.1) is 11.3 Å². The van der Waals surface area contributed by atoms with Crippen LogP contribution in [0.5, 0.6) is 0 Å². The van der Waals surface area contributed by atoms with Gasteiger partial charge in [-0.2, -0.15) is 0 Å². The summed E-state index contributed by atoms with van der Waals surface area (Å²) in [5.74, 6) is -0.00565. The first-order valence-corrected chi connectivity index (χ1v) is 9.71. The number of fused-ring (bicyclic) bond motifs is 1. The number of thiophene rings is 1. The Morgan fingerprint density at radius 1 is 1.00 bits per heavy atom. The lowest BCUT2D eigenvalue weighted by Gasteiger charge is -2.27. The first-order valence-electron chi connectivity index (χ1n) is 7.24. The van der Waals surface area contributed by atoms with Crippen molar-refractivity contribution in [2.24, 2.45) is 0 Å². The maximum absolute atomic E-state index is 12.2. The lowest BCUT2D eigenvalue weighted by atomic mass is 10.0. The van der Waals surface area contributed by atoms with Gasteiger partial charge < -0.3 is 5.11 Å². The second kappa shape index (κ2) is 5.30. The van der Waals surface area contributed by atoms with Gasteiger partial charge in [0.25, 0.3) is 0 Å². The fourth-order valence-corrected chi connectivity index (χ4v) is 5.69. The summed E-state index contributed by atoms with van der Waals surface area (Å²) < 4.78 is 25.5. The van der Waals surface area contributed by atoms with Gasteiger partial charge in [-0.3, -0.25) is 0 Å². The molecular formula is C18H14O3S2. The molecule has 0 aliphatic carbocycles. The van der Waals surface area contributed by atoms with E-state index in [4.69, 9.17) is 0 Å². The molecule has 0 saturated carbocycles. The fraction of sp³-hybridized carbons (Fsp3) is 0.111. The zero-order valence-electron chi connectivity index (χ0n) is 12.1. The van der Waals surface area contributed by atoms with Crippen LogP contribution in [0.1, 0.15) is 16.5 Å². The van der Waals surface area contributed by atoms with Crippen LogP contribution in [0.4, 0.5) is 0 Å². The van der Waals surface area contributed by atoms with Crippen molar-refractivity contribution in [2.75, 3.05) is 5.75 Å². The monoisotopic (exact) mass is 342 g/mol. The van der Waals surface area contributed by atoms with Gasteiger partial charge in [-0.25, -0.2) is 8.42 Å². The number of hydrogen-bond donors (Lipinski definition) is 1. The van der Waals surface area contributed by atoms with Gasteiger partial charge in [-0.05, 0) is 28.7 Å². The molecule has 0 radical (unpaired) electrons. The average Bonchev–Trinajstić information content (AvgIpc) is 2.98. The zero-order chi connectivity index (χ0) is 16.0. The van der Waals surface area contributed by atoms with E-state index in [9.17, 15) is 13.5 Å². The highest BCUT2D eigenvalue weighted by Gasteiger charge is 2.40. The molecule has 0 saturated heterocycles. The molecule has 1 N–H and O–H groups in total. The third-order valence-corrected chi connectivity index (χ3v) is 7.03. The van der Waals surface area contributed by atoms with E-state index < -0.39 is 15.9 Å². The van der Waals surface area contributed by atoms with Crippen LogP contribution >= 0.6 is 11.3 Å². The standard InChI is InChI=1S/C18H14O3S2/c19-17(16-10-13-8-4-5-9-15(13)22-16)18-14(11-23(18,20)21)12-6-2-1-3-7-12/h1-10,17,19H,11H2. The molecule has 1 unspecified atom stereocenters. The average molecular weight is 342 g/mol. The molecule has 3 aromatic rings. The van der Waals surface area contributed by atoms with E-state index in [0.717, 1.165) is 21.2 Å². The Morgan fingerprint density at radius 3 is 2.39 bits per heavy atom. The molecule has 3 nitrogen and oxygen atoms in total. The second-order valence-electron chi connectivity index (χ2n) is 5.56. The van der Waals surface area contributed by atoms with E-state index in [1.165, 1.54) is 11.3 Å². The maximum Gasteiger partial charge on any atom is 0.182 e. The Morgan fingerprint density at radius 2 is 1.70 bits per heavy atom. The summed E-state index contributed by atoms with van der Waals surface area (Å²) in [7, 11) is -3.37. The van der Waals surface area contributed by atoms with Gasteiger partial charge in [0.05, 0.1) is 10.7 Å². The SMILES string of the molecule is O=S1(=O)CC(c2ccccc2)=C1C(O)c1cc2ccccc2s1. The molecule has 1 aliphatic heterocycles. The molecule has 23 heavy (non-hydrogen) atoms. The van der Waals surface area contributed by atoms with Crippen molar-refractivity contribution in [1.29, 1.82) is 0 Å². The number of aliphatic hydroxyl groups excluding tert-OH is 1.